The molecule has 0 radical (unpaired) electrons. The molecule has 48 heavy (non-hydrogen) atoms. The quantitative estimate of drug-likeness (QED) is 0.0604. The number of nitrogens with zero attached hydrogens (tertiary/aromatic N) is 2. The van der Waals surface area contributed by atoms with Gasteiger partial charge in [-0.05, 0) is 61.4 Å². The molecule has 14 nitrogen and oxygen atoms in total. The summed E-state index contributed by atoms with van der Waals surface area (Å²) in [6.45, 7) is -0.0646. The highest BCUT2D eigenvalue weighted by Gasteiger charge is 2.32. The number of ketones is 1. The van der Waals surface area contributed by atoms with Gasteiger partial charge < -0.3 is 20.1 Å². The Kier molecular flexibility index (Phi) is 12.9. The summed E-state index contributed by atoms with van der Waals surface area (Å²) in [6, 6.07) is 11.5. The number of anilines is 1. The number of unbranched alkanes of at least 4 members (excludes halogenated alkanes) is 2. The van der Waals surface area contributed by atoms with E-state index in [4.69, 9.17) is 9.47 Å². The average Bonchev–Trinajstić information content (AvgIpc) is 3.72. The second kappa shape index (κ2) is 17.5. The summed E-state index contributed by atoms with van der Waals surface area (Å²) >= 11 is 0. The third kappa shape index (κ3) is 10.9. The second-order valence-corrected chi connectivity index (χ2v) is 11.7. The third-order valence-corrected chi connectivity index (χ3v) is 8.26. The van der Waals surface area contributed by atoms with Crippen LogP contribution in [0.15, 0.2) is 60.7 Å². The molecule has 1 aliphatic heterocycles. The molecule has 0 bridgehead atoms. The zero-order chi connectivity index (χ0) is 34.5. The Hall–Kier alpha value is -5.40. The summed E-state index contributed by atoms with van der Waals surface area (Å²) in [5, 5.41) is 16.1. The molecule has 1 atom stereocenters. The summed E-state index contributed by atoms with van der Waals surface area (Å²) in [5.74, 6) is -1.76. The largest absolute Gasteiger partial charge is 0.514 e. The van der Waals surface area contributed by atoms with Crippen molar-refractivity contribution in [1.29, 1.82) is 0 Å². The van der Waals surface area contributed by atoms with Gasteiger partial charge in [0, 0.05) is 55.3 Å². The first-order chi connectivity index (χ1) is 23.1. The van der Waals surface area contributed by atoms with Gasteiger partial charge in [-0.1, -0.05) is 31.4 Å². The van der Waals surface area contributed by atoms with Crippen molar-refractivity contribution in [3.8, 4) is 5.75 Å². The highest BCUT2D eigenvalue weighted by Crippen LogP contribution is 2.34. The van der Waals surface area contributed by atoms with Gasteiger partial charge >= 0.3 is 6.16 Å². The SMILES string of the molecule is O=C(CCCCCN1C(=O)C=CC1=O)CC(C(=O)NCC(=O)Nc1ccc(COC(=O)Oc2ccc([N+](=O)[O-])cc2)cc1)C1CCCC1. The number of hydrogen-bond donors (Lipinski definition) is 2. The van der Waals surface area contributed by atoms with Crippen LogP contribution >= 0.6 is 0 Å². The number of nitro groups is 1. The molecule has 1 heterocycles. The maximum Gasteiger partial charge on any atom is 0.514 e. The van der Waals surface area contributed by atoms with E-state index in [9.17, 15) is 38.9 Å². The van der Waals surface area contributed by atoms with E-state index >= 15 is 0 Å². The lowest BCUT2D eigenvalue weighted by atomic mass is 9.85. The second-order valence-electron chi connectivity index (χ2n) is 11.7. The van der Waals surface area contributed by atoms with Crippen LogP contribution in [0.25, 0.3) is 0 Å². The summed E-state index contributed by atoms with van der Waals surface area (Å²) in [5.41, 5.74) is 0.932. The van der Waals surface area contributed by atoms with E-state index in [1.807, 2.05) is 0 Å². The number of carbonyl (C=O) groups is 6. The van der Waals surface area contributed by atoms with Crippen molar-refractivity contribution < 1.29 is 43.2 Å². The lowest BCUT2D eigenvalue weighted by Crippen LogP contribution is -2.39. The number of rotatable bonds is 17. The number of benzene rings is 2. The fraction of sp³-hybridized carbons (Fsp3) is 0.412. The molecule has 4 rings (SSSR count). The van der Waals surface area contributed by atoms with E-state index in [2.05, 4.69) is 10.6 Å². The molecule has 0 saturated heterocycles. The molecular weight excluding hydrogens is 624 g/mol. The van der Waals surface area contributed by atoms with E-state index in [0.717, 1.165) is 25.7 Å². The summed E-state index contributed by atoms with van der Waals surface area (Å²) < 4.78 is 10.1. The molecule has 2 aromatic carbocycles. The van der Waals surface area contributed by atoms with Gasteiger partial charge in [0.15, 0.2) is 0 Å². The highest BCUT2D eigenvalue weighted by molar-refractivity contribution is 6.12. The van der Waals surface area contributed by atoms with Crippen LogP contribution in [0.2, 0.25) is 0 Å². The minimum Gasteiger partial charge on any atom is -0.429 e. The van der Waals surface area contributed by atoms with Crippen LogP contribution in [0.5, 0.6) is 5.75 Å². The summed E-state index contributed by atoms with van der Waals surface area (Å²) in [7, 11) is 0. The first-order valence-corrected chi connectivity index (χ1v) is 15.9. The molecule has 254 valence electrons. The number of nitro benzene ring substituents is 1. The normalized spacial score (nSPS) is 14.9. The summed E-state index contributed by atoms with van der Waals surface area (Å²) in [4.78, 5) is 85.1. The Morgan fingerprint density at radius 2 is 1.58 bits per heavy atom. The van der Waals surface area contributed by atoms with Gasteiger partial charge in [0.1, 0.15) is 18.1 Å². The van der Waals surface area contributed by atoms with Crippen molar-refractivity contribution in [2.24, 2.45) is 11.8 Å². The molecule has 2 aliphatic rings. The highest BCUT2D eigenvalue weighted by atomic mass is 16.7. The molecule has 1 saturated carbocycles. The zero-order valence-electron chi connectivity index (χ0n) is 26.4. The molecule has 14 heteroatoms. The van der Waals surface area contributed by atoms with Crippen LogP contribution in [0.4, 0.5) is 16.2 Å². The number of Topliss-reactive ketones (excluding diaryl/α,β-unsaturated/α-hetero) is 1. The van der Waals surface area contributed by atoms with Crippen LogP contribution in [0.3, 0.4) is 0 Å². The first kappa shape index (κ1) is 35.5. The molecule has 1 fully saturated rings. The van der Waals surface area contributed by atoms with Crippen molar-refractivity contribution in [1.82, 2.24) is 10.2 Å². The van der Waals surface area contributed by atoms with Gasteiger partial charge in [-0.25, -0.2) is 4.79 Å². The Morgan fingerprint density at radius 3 is 2.23 bits per heavy atom. The number of carbonyl (C=O) groups excluding carboxylic acids is 6. The van der Waals surface area contributed by atoms with E-state index in [-0.39, 0.29) is 60.4 Å². The van der Waals surface area contributed by atoms with Crippen molar-refractivity contribution >= 4 is 46.9 Å². The molecule has 0 spiro atoms. The van der Waals surface area contributed by atoms with Crippen molar-refractivity contribution in [3.63, 3.8) is 0 Å². The van der Waals surface area contributed by atoms with Crippen LogP contribution in [-0.4, -0.2) is 58.5 Å². The fourth-order valence-electron chi connectivity index (χ4n) is 5.69. The number of ether oxygens (including phenoxy) is 2. The zero-order valence-corrected chi connectivity index (χ0v) is 26.4. The van der Waals surface area contributed by atoms with E-state index in [1.165, 1.54) is 41.3 Å². The van der Waals surface area contributed by atoms with Crippen molar-refractivity contribution in [3.05, 3.63) is 76.4 Å². The Balaban J connectivity index is 1.15. The van der Waals surface area contributed by atoms with Crippen LogP contribution in [0, 0.1) is 22.0 Å². The minimum atomic E-state index is -0.988. The number of amides is 4. The van der Waals surface area contributed by atoms with Gasteiger partial charge in [0.25, 0.3) is 17.5 Å². The molecule has 1 aliphatic carbocycles. The lowest BCUT2D eigenvalue weighted by Gasteiger charge is -2.22. The topological polar surface area (TPSA) is 191 Å². The average molecular weight is 663 g/mol. The molecule has 0 aromatic heterocycles. The molecular formula is C34H38N4O10. The number of non-ortho nitro benzene ring substituents is 1. The molecule has 4 amide bonds. The van der Waals surface area contributed by atoms with Gasteiger partial charge in [-0.3, -0.25) is 39.0 Å². The van der Waals surface area contributed by atoms with Crippen molar-refractivity contribution in [2.45, 2.75) is 64.4 Å². The Bertz CT molecular complexity index is 1510. The minimum absolute atomic E-state index is 0.0230. The fourth-order valence-corrected chi connectivity index (χ4v) is 5.69. The Labute approximate surface area is 277 Å². The number of imide groups is 1. The van der Waals surface area contributed by atoms with E-state index in [1.54, 1.807) is 24.3 Å². The maximum atomic E-state index is 13.1. The Morgan fingerprint density at radius 1 is 0.917 bits per heavy atom. The van der Waals surface area contributed by atoms with Gasteiger partial charge in [-0.15, -0.1) is 0 Å². The van der Waals surface area contributed by atoms with Crippen LogP contribution < -0.4 is 15.4 Å². The van der Waals surface area contributed by atoms with Gasteiger partial charge in [0.05, 0.1) is 11.5 Å². The standard InChI is InChI=1S/C34H38N4O10/c39-27(8-2-1-5-19-37-31(41)17-18-32(37)42)20-29(24-6-3-4-7-24)33(43)35-21-30(40)36-25-11-9-23(10-12-25)22-47-34(44)48-28-15-13-26(14-16-28)38(45)46/h9-18,24,29H,1-8,19-22H2,(H,35,43)(H,36,40). The summed E-state index contributed by atoms with van der Waals surface area (Å²) in [6.07, 6.45) is 7.49. The monoisotopic (exact) mass is 662 g/mol. The third-order valence-electron chi connectivity index (χ3n) is 8.26. The number of nitrogens with one attached hydrogen (secondary N) is 2. The predicted molar refractivity (Wildman–Crippen MR) is 171 cm³/mol. The predicted octanol–water partition coefficient (Wildman–Crippen LogP) is 4.62. The van der Waals surface area contributed by atoms with E-state index in [0.29, 0.717) is 43.5 Å². The smallest absolute Gasteiger partial charge is 0.429 e. The van der Waals surface area contributed by atoms with Crippen LogP contribution in [-0.2, 0) is 35.3 Å². The maximum absolute atomic E-state index is 13.1. The van der Waals surface area contributed by atoms with Crippen molar-refractivity contribution in [2.75, 3.05) is 18.4 Å². The molecule has 2 N–H and O–H groups in total. The van der Waals surface area contributed by atoms with Gasteiger partial charge in [-0.2, -0.15) is 0 Å². The number of hydrogen-bond acceptors (Lipinski definition) is 10. The molecule has 2 aromatic rings. The van der Waals surface area contributed by atoms with Crippen LogP contribution in [0.1, 0.15) is 63.4 Å². The lowest BCUT2D eigenvalue weighted by molar-refractivity contribution is -0.384. The van der Waals surface area contributed by atoms with E-state index < -0.39 is 22.9 Å². The first-order valence-electron chi connectivity index (χ1n) is 15.9. The molecule has 1 unspecified atom stereocenters. The van der Waals surface area contributed by atoms with Gasteiger partial charge in [0.2, 0.25) is 11.8 Å².